The molecule has 3 N–H and O–H groups in total. The van der Waals surface area contributed by atoms with Gasteiger partial charge in [0.15, 0.2) is 5.03 Å². The van der Waals surface area contributed by atoms with Crippen molar-refractivity contribution in [1.29, 1.82) is 0 Å². The van der Waals surface area contributed by atoms with Crippen LogP contribution in [0.4, 0.5) is 24.8 Å². The molecule has 36 heavy (non-hydrogen) atoms. The number of aromatic nitrogens is 2. The van der Waals surface area contributed by atoms with E-state index in [0.29, 0.717) is 18.3 Å². The molecular weight excluding hydrogens is 497 g/mol. The molecule has 12 heteroatoms. The molecule has 0 aliphatic carbocycles. The third-order valence-electron chi connectivity index (χ3n) is 5.41. The van der Waals surface area contributed by atoms with E-state index >= 15 is 0 Å². The number of nitrogens with zero attached hydrogens (tertiary/aromatic N) is 2. The summed E-state index contributed by atoms with van der Waals surface area (Å²) < 4.78 is 69.1. The number of hydrogen-bond donors (Lipinski definition) is 3. The van der Waals surface area contributed by atoms with Crippen LogP contribution in [0.5, 0.6) is 0 Å². The molecule has 0 fully saturated rings. The monoisotopic (exact) mass is 522 g/mol. The number of aryl methyl sites for hydroxylation is 1. The molecule has 3 rings (SSSR count). The van der Waals surface area contributed by atoms with E-state index in [9.17, 15) is 31.5 Å². The van der Waals surface area contributed by atoms with Gasteiger partial charge in [0, 0.05) is 12.0 Å². The highest BCUT2D eigenvalue weighted by atomic mass is 32.2. The number of alkyl halides is 3. The Morgan fingerprint density at radius 1 is 1.03 bits per heavy atom. The predicted octanol–water partition coefficient (Wildman–Crippen LogP) is 4.41. The van der Waals surface area contributed by atoms with Crippen LogP contribution in [0.2, 0.25) is 0 Å². The molecule has 8 nitrogen and oxygen atoms in total. The maximum atomic E-state index is 13.7. The number of sulfonamides is 1. The van der Waals surface area contributed by atoms with Gasteiger partial charge in [-0.25, -0.2) is 9.97 Å². The van der Waals surface area contributed by atoms with E-state index in [1.807, 2.05) is 0 Å². The van der Waals surface area contributed by atoms with E-state index in [2.05, 4.69) is 20.0 Å². The van der Waals surface area contributed by atoms with E-state index in [1.54, 1.807) is 32.0 Å². The van der Waals surface area contributed by atoms with E-state index < -0.39 is 44.6 Å². The highest BCUT2D eigenvalue weighted by Gasteiger charge is 2.35. The number of benzene rings is 1. The number of rotatable bonds is 10. The number of aliphatic hydroxyl groups excluding tert-OH is 1. The summed E-state index contributed by atoms with van der Waals surface area (Å²) in [7, 11) is -4.33. The van der Waals surface area contributed by atoms with Crippen LogP contribution in [0.1, 0.15) is 30.9 Å². The van der Waals surface area contributed by atoms with Gasteiger partial charge in [0.1, 0.15) is 17.9 Å². The first-order valence-electron chi connectivity index (χ1n) is 11.0. The molecule has 3 aromatic rings. The largest absolute Gasteiger partial charge is 0.418 e. The first-order chi connectivity index (χ1) is 17.0. The summed E-state index contributed by atoms with van der Waals surface area (Å²) in [5.74, 6) is -0.176. The smallest absolute Gasteiger partial charge is 0.391 e. The minimum absolute atomic E-state index is 0.103. The molecule has 0 unspecified atom stereocenters. The second-order valence-corrected chi connectivity index (χ2v) is 9.63. The molecule has 2 atom stereocenters. The summed E-state index contributed by atoms with van der Waals surface area (Å²) >= 11 is 0. The fourth-order valence-electron chi connectivity index (χ4n) is 3.55. The standard InChI is InChI=1S/C24H25F3N4O4S/c1-3-18(19(33)13-14-32)28-20-9-6-10-22(29-20)36(34,35)31-21-12-11-17(24(25,26)27)23(30-21)16-8-5-4-7-15(16)2/h4-12,14,18-19,33H,3,13H2,1-2H3,(H,28,29)(H,30,31)/t18-,19+/m1/s1. The van der Waals surface area contributed by atoms with Crippen LogP contribution in [-0.4, -0.2) is 41.9 Å². The summed E-state index contributed by atoms with van der Waals surface area (Å²) in [6.45, 7) is 3.40. The van der Waals surface area contributed by atoms with Gasteiger partial charge in [-0.3, -0.25) is 4.72 Å². The number of aliphatic hydroxyl groups is 1. The Bertz CT molecular complexity index is 1330. The van der Waals surface area contributed by atoms with Crippen molar-refractivity contribution in [3.63, 3.8) is 0 Å². The van der Waals surface area contributed by atoms with Gasteiger partial charge in [0.2, 0.25) is 0 Å². The van der Waals surface area contributed by atoms with E-state index in [-0.39, 0.29) is 23.6 Å². The third-order valence-corrected chi connectivity index (χ3v) is 6.67. The van der Waals surface area contributed by atoms with E-state index in [0.717, 1.165) is 12.1 Å². The van der Waals surface area contributed by atoms with Gasteiger partial charge in [-0.1, -0.05) is 37.3 Å². The SMILES string of the molecule is CC[C@@H](Nc1cccc(S(=O)(=O)Nc2ccc(C(F)(F)F)c(-c3ccccc3C)n2)n1)[C@@H](O)CC=O. The van der Waals surface area contributed by atoms with Gasteiger partial charge in [-0.2, -0.15) is 21.6 Å². The highest BCUT2D eigenvalue weighted by Crippen LogP contribution is 2.38. The zero-order chi connectivity index (χ0) is 26.5. The van der Waals surface area contributed by atoms with Crippen LogP contribution in [0.3, 0.4) is 0 Å². The van der Waals surface area contributed by atoms with Crippen molar-refractivity contribution in [2.75, 3.05) is 10.0 Å². The van der Waals surface area contributed by atoms with Crippen molar-refractivity contribution in [3.8, 4) is 11.3 Å². The molecule has 2 aromatic heterocycles. The Morgan fingerprint density at radius 2 is 1.75 bits per heavy atom. The quantitative estimate of drug-likeness (QED) is 0.337. The topological polar surface area (TPSA) is 121 Å². The summed E-state index contributed by atoms with van der Waals surface area (Å²) in [4.78, 5) is 18.7. The summed E-state index contributed by atoms with van der Waals surface area (Å²) in [5, 5.41) is 12.6. The highest BCUT2D eigenvalue weighted by molar-refractivity contribution is 7.92. The Morgan fingerprint density at radius 3 is 2.39 bits per heavy atom. The molecular formula is C24H25F3N4O4S. The molecule has 0 saturated heterocycles. The molecule has 0 amide bonds. The number of halogens is 3. The van der Waals surface area contributed by atoms with E-state index in [4.69, 9.17) is 0 Å². The van der Waals surface area contributed by atoms with Crippen LogP contribution >= 0.6 is 0 Å². The van der Waals surface area contributed by atoms with E-state index in [1.165, 1.54) is 24.3 Å². The number of hydrogen-bond acceptors (Lipinski definition) is 7. The summed E-state index contributed by atoms with van der Waals surface area (Å²) in [6.07, 6.45) is -4.79. The normalized spacial score (nSPS) is 13.6. The lowest BCUT2D eigenvalue weighted by atomic mass is 10.0. The molecule has 0 spiro atoms. The van der Waals surface area contributed by atoms with Crippen LogP contribution in [-0.2, 0) is 21.0 Å². The zero-order valence-corrected chi connectivity index (χ0v) is 20.3. The van der Waals surface area contributed by atoms with Crippen molar-refractivity contribution in [2.45, 2.75) is 50.0 Å². The Labute approximate surface area is 206 Å². The van der Waals surface area contributed by atoms with Crippen molar-refractivity contribution in [1.82, 2.24) is 9.97 Å². The molecule has 0 aliphatic rings. The van der Waals surface area contributed by atoms with Gasteiger partial charge in [-0.15, -0.1) is 0 Å². The Hall–Kier alpha value is -3.51. The van der Waals surface area contributed by atoms with Crippen molar-refractivity contribution >= 4 is 27.9 Å². The van der Waals surface area contributed by atoms with Gasteiger partial charge in [0.25, 0.3) is 10.0 Å². The maximum absolute atomic E-state index is 13.7. The lowest BCUT2D eigenvalue weighted by molar-refractivity contribution is -0.137. The van der Waals surface area contributed by atoms with Gasteiger partial charge in [0.05, 0.1) is 23.4 Å². The second-order valence-electron chi connectivity index (χ2n) is 8.00. The predicted molar refractivity (Wildman–Crippen MR) is 129 cm³/mol. The first-order valence-corrected chi connectivity index (χ1v) is 12.5. The number of pyridine rings is 2. The Kier molecular flexibility index (Phi) is 8.31. The van der Waals surface area contributed by atoms with Gasteiger partial charge >= 0.3 is 6.18 Å². The van der Waals surface area contributed by atoms with Gasteiger partial charge < -0.3 is 15.2 Å². The Balaban J connectivity index is 1.94. The fraction of sp³-hybridized carbons (Fsp3) is 0.292. The second kappa shape index (κ2) is 11.0. The molecule has 0 radical (unpaired) electrons. The minimum atomic E-state index is -4.70. The third kappa shape index (κ3) is 6.38. The minimum Gasteiger partial charge on any atom is -0.391 e. The summed E-state index contributed by atoms with van der Waals surface area (Å²) in [6, 6.07) is 11.6. The van der Waals surface area contributed by atoms with Crippen LogP contribution in [0.15, 0.2) is 59.6 Å². The molecule has 1 aromatic carbocycles. The molecule has 0 saturated carbocycles. The number of anilines is 2. The van der Waals surface area contributed by atoms with Crippen LogP contribution < -0.4 is 10.0 Å². The van der Waals surface area contributed by atoms with Crippen molar-refractivity contribution in [3.05, 3.63) is 65.7 Å². The summed E-state index contributed by atoms with van der Waals surface area (Å²) in [5.41, 5.74) is -0.643. The van der Waals surface area contributed by atoms with Crippen molar-refractivity contribution < 1.29 is 31.5 Å². The van der Waals surface area contributed by atoms with Crippen molar-refractivity contribution in [2.24, 2.45) is 0 Å². The number of nitrogens with one attached hydrogen (secondary N) is 2. The first kappa shape index (κ1) is 27.1. The maximum Gasteiger partial charge on any atom is 0.418 e. The zero-order valence-electron chi connectivity index (χ0n) is 19.5. The number of carbonyl (C=O) groups excluding carboxylic acids is 1. The lowest BCUT2D eigenvalue weighted by Crippen LogP contribution is -2.33. The fourth-order valence-corrected chi connectivity index (χ4v) is 4.52. The number of aldehydes is 1. The number of carbonyl (C=O) groups is 1. The molecule has 0 bridgehead atoms. The van der Waals surface area contributed by atoms with Crippen LogP contribution in [0.25, 0.3) is 11.3 Å². The van der Waals surface area contributed by atoms with Gasteiger partial charge in [-0.05, 0) is 43.2 Å². The average Bonchev–Trinajstić information content (AvgIpc) is 2.82. The molecule has 0 aliphatic heterocycles. The molecule has 192 valence electrons. The molecule has 2 heterocycles. The average molecular weight is 523 g/mol. The lowest BCUT2D eigenvalue weighted by Gasteiger charge is -2.22. The van der Waals surface area contributed by atoms with Crippen LogP contribution in [0, 0.1) is 6.92 Å².